The van der Waals surface area contributed by atoms with Crippen LogP contribution in [0.5, 0.6) is 0 Å². The maximum Gasteiger partial charge on any atom is 0.157 e. The fourth-order valence-corrected chi connectivity index (χ4v) is 2.39. The van der Waals surface area contributed by atoms with Gasteiger partial charge in [-0.2, -0.15) is 5.26 Å². The Hall–Kier alpha value is -1.62. The first-order valence-corrected chi connectivity index (χ1v) is 5.81. The molecule has 1 saturated carbocycles. The zero-order chi connectivity index (χ0) is 11.4. The van der Waals surface area contributed by atoms with Crippen LogP contribution in [0.3, 0.4) is 0 Å². The fourth-order valence-electron chi connectivity index (χ4n) is 2.39. The SMILES string of the molecule is N#CC(C(=O)C1CCCC1)c1ccccc1. The largest absolute Gasteiger partial charge is 0.298 e. The number of carbonyl (C=O) groups excluding carboxylic acids is 1. The lowest BCUT2D eigenvalue weighted by Crippen LogP contribution is -2.18. The van der Waals surface area contributed by atoms with Crippen molar-refractivity contribution < 1.29 is 4.79 Å². The van der Waals surface area contributed by atoms with E-state index in [1.165, 1.54) is 0 Å². The molecule has 1 aliphatic rings. The number of nitriles is 1. The molecule has 0 heterocycles. The Morgan fingerprint density at radius 3 is 2.44 bits per heavy atom. The molecule has 1 aromatic rings. The van der Waals surface area contributed by atoms with Crippen molar-refractivity contribution in [3.63, 3.8) is 0 Å². The molecule has 1 aliphatic carbocycles. The summed E-state index contributed by atoms with van der Waals surface area (Å²) in [5.41, 5.74) is 0.835. The predicted octanol–water partition coefficient (Wildman–Crippen LogP) is 3.05. The zero-order valence-corrected chi connectivity index (χ0v) is 9.23. The molecule has 0 spiro atoms. The fraction of sp³-hybridized carbons (Fsp3) is 0.429. The minimum atomic E-state index is -0.565. The van der Waals surface area contributed by atoms with Gasteiger partial charge in [0.1, 0.15) is 5.92 Å². The van der Waals surface area contributed by atoms with Gasteiger partial charge in [-0.05, 0) is 18.4 Å². The average molecular weight is 213 g/mol. The van der Waals surface area contributed by atoms with Crippen LogP contribution in [0.25, 0.3) is 0 Å². The first kappa shape index (κ1) is 10.9. The number of nitrogens with zero attached hydrogens (tertiary/aromatic N) is 1. The van der Waals surface area contributed by atoms with Crippen molar-refractivity contribution >= 4 is 5.78 Å². The molecule has 2 rings (SSSR count). The predicted molar refractivity (Wildman–Crippen MR) is 61.8 cm³/mol. The van der Waals surface area contributed by atoms with Gasteiger partial charge in [-0.1, -0.05) is 43.2 Å². The van der Waals surface area contributed by atoms with E-state index < -0.39 is 5.92 Å². The zero-order valence-electron chi connectivity index (χ0n) is 9.23. The number of rotatable bonds is 3. The second-order valence-corrected chi connectivity index (χ2v) is 4.36. The van der Waals surface area contributed by atoms with E-state index in [9.17, 15) is 4.79 Å². The molecule has 1 aromatic carbocycles. The molecule has 0 radical (unpaired) electrons. The van der Waals surface area contributed by atoms with E-state index >= 15 is 0 Å². The highest BCUT2D eigenvalue weighted by Crippen LogP contribution is 2.30. The van der Waals surface area contributed by atoms with Crippen LogP contribution in [-0.4, -0.2) is 5.78 Å². The van der Waals surface area contributed by atoms with Crippen molar-refractivity contribution in [1.82, 2.24) is 0 Å². The van der Waals surface area contributed by atoms with Crippen molar-refractivity contribution in [3.05, 3.63) is 35.9 Å². The van der Waals surface area contributed by atoms with Crippen LogP contribution in [0.1, 0.15) is 37.2 Å². The molecule has 0 saturated heterocycles. The summed E-state index contributed by atoms with van der Waals surface area (Å²) < 4.78 is 0. The molecule has 1 atom stereocenters. The van der Waals surface area contributed by atoms with Gasteiger partial charge in [-0.3, -0.25) is 4.79 Å². The monoisotopic (exact) mass is 213 g/mol. The van der Waals surface area contributed by atoms with E-state index in [4.69, 9.17) is 5.26 Å². The van der Waals surface area contributed by atoms with E-state index in [0.717, 1.165) is 31.2 Å². The Morgan fingerprint density at radius 2 is 1.88 bits per heavy atom. The second kappa shape index (κ2) is 4.94. The van der Waals surface area contributed by atoms with Crippen molar-refractivity contribution in [3.8, 4) is 6.07 Å². The molecule has 0 aliphatic heterocycles. The van der Waals surface area contributed by atoms with Gasteiger partial charge in [-0.25, -0.2) is 0 Å². The van der Waals surface area contributed by atoms with Crippen LogP contribution in [0.4, 0.5) is 0 Å². The third-order valence-corrected chi connectivity index (χ3v) is 3.30. The van der Waals surface area contributed by atoms with Gasteiger partial charge in [0, 0.05) is 5.92 Å². The van der Waals surface area contributed by atoms with E-state index in [2.05, 4.69) is 6.07 Å². The third-order valence-electron chi connectivity index (χ3n) is 3.30. The van der Waals surface area contributed by atoms with Gasteiger partial charge in [0.05, 0.1) is 6.07 Å². The summed E-state index contributed by atoms with van der Waals surface area (Å²) in [7, 11) is 0. The molecule has 0 bridgehead atoms. The molecular formula is C14H15NO. The van der Waals surface area contributed by atoms with Crippen molar-refractivity contribution in [2.24, 2.45) is 5.92 Å². The summed E-state index contributed by atoms with van der Waals surface area (Å²) in [4.78, 5) is 12.2. The van der Waals surface area contributed by atoms with Gasteiger partial charge >= 0.3 is 0 Å². The lowest BCUT2D eigenvalue weighted by atomic mass is 9.87. The highest BCUT2D eigenvalue weighted by Gasteiger charge is 2.29. The topological polar surface area (TPSA) is 40.9 Å². The molecular weight excluding hydrogens is 198 g/mol. The van der Waals surface area contributed by atoms with Crippen LogP contribution in [0.15, 0.2) is 30.3 Å². The van der Waals surface area contributed by atoms with E-state index in [1.807, 2.05) is 30.3 Å². The van der Waals surface area contributed by atoms with E-state index in [-0.39, 0.29) is 11.7 Å². The van der Waals surface area contributed by atoms with Crippen LogP contribution in [0, 0.1) is 17.2 Å². The summed E-state index contributed by atoms with van der Waals surface area (Å²) in [5.74, 6) is -0.333. The molecule has 82 valence electrons. The van der Waals surface area contributed by atoms with Gasteiger partial charge in [0.2, 0.25) is 0 Å². The lowest BCUT2D eigenvalue weighted by molar-refractivity contribution is -0.123. The summed E-state index contributed by atoms with van der Waals surface area (Å²) in [6.07, 6.45) is 4.18. The molecule has 1 unspecified atom stereocenters. The van der Waals surface area contributed by atoms with Crippen LogP contribution in [0.2, 0.25) is 0 Å². The highest BCUT2D eigenvalue weighted by atomic mass is 16.1. The van der Waals surface area contributed by atoms with Crippen LogP contribution < -0.4 is 0 Å². The quantitative estimate of drug-likeness (QED) is 0.774. The first-order chi connectivity index (χ1) is 7.83. The Balaban J connectivity index is 2.17. The van der Waals surface area contributed by atoms with Crippen molar-refractivity contribution in [2.75, 3.05) is 0 Å². The normalized spacial score (nSPS) is 17.9. The van der Waals surface area contributed by atoms with Gasteiger partial charge in [0.15, 0.2) is 5.78 Å². The van der Waals surface area contributed by atoms with E-state index in [1.54, 1.807) is 0 Å². The maximum absolute atomic E-state index is 12.2. The molecule has 16 heavy (non-hydrogen) atoms. The highest BCUT2D eigenvalue weighted by molar-refractivity contribution is 5.90. The molecule has 0 amide bonds. The lowest BCUT2D eigenvalue weighted by Gasteiger charge is -2.13. The standard InChI is InChI=1S/C14H15NO/c15-10-13(11-6-2-1-3-7-11)14(16)12-8-4-5-9-12/h1-3,6-7,12-13H,4-5,8-9H2. The third kappa shape index (κ3) is 2.14. The van der Waals surface area contributed by atoms with Crippen LogP contribution >= 0.6 is 0 Å². The number of benzene rings is 1. The van der Waals surface area contributed by atoms with Crippen molar-refractivity contribution in [1.29, 1.82) is 5.26 Å². The minimum Gasteiger partial charge on any atom is -0.298 e. The Kier molecular flexibility index (Phi) is 3.36. The maximum atomic E-state index is 12.2. The Morgan fingerprint density at radius 1 is 1.25 bits per heavy atom. The first-order valence-electron chi connectivity index (χ1n) is 5.81. The summed E-state index contributed by atoms with van der Waals surface area (Å²) in [5, 5.41) is 9.14. The summed E-state index contributed by atoms with van der Waals surface area (Å²) in [6.45, 7) is 0. The molecule has 1 fully saturated rings. The van der Waals surface area contributed by atoms with E-state index in [0.29, 0.717) is 0 Å². The Labute approximate surface area is 95.9 Å². The number of ketones is 1. The van der Waals surface area contributed by atoms with Gasteiger partial charge in [0.25, 0.3) is 0 Å². The van der Waals surface area contributed by atoms with Crippen LogP contribution in [-0.2, 0) is 4.79 Å². The Bertz CT molecular complexity index is 398. The minimum absolute atomic E-state index is 0.116. The van der Waals surface area contributed by atoms with Crippen molar-refractivity contribution in [2.45, 2.75) is 31.6 Å². The smallest absolute Gasteiger partial charge is 0.157 e. The van der Waals surface area contributed by atoms with Gasteiger partial charge < -0.3 is 0 Å². The second-order valence-electron chi connectivity index (χ2n) is 4.36. The number of Topliss-reactive ketones (excluding diaryl/α,β-unsaturated/α-hetero) is 1. The molecule has 2 heteroatoms. The van der Waals surface area contributed by atoms with Gasteiger partial charge in [-0.15, -0.1) is 0 Å². The summed E-state index contributed by atoms with van der Waals surface area (Å²) in [6, 6.07) is 11.5. The molecule has 0 N–H and O–H groups in total. The molecule has 2 nitrogen and oxygen atoms in total. The number of hydrogen-bond donors (Lipinski definition) is 0. The number of carbonyl (C=O) groups is 1. The number of hydrogen-bond acceptors (Lipinski definition) is 2. The average Bonchev–Trinajstić information content (AvgIpc) is 2.85. The summed E-state index contributed by atoms with van der Waals surface area (Å²) >= 11 is 0. The molecule has 0 aromatic heterocycles.